The van der Waals surface area contributed by atoms with Gasteiger partial charge < -0.3 is 5.32 Å². The van der Waals surface area contributed by atoms with Crippen LogP contribution in [-0.4, -0.2) is 21.5 Å². The van der Waals surface area contributed by atoms with Gasteiger partial charge in [0.05, 0.1) is 5.69 Å². The highest BCUT2D eigenvalue weighted by Crippen LogP contribution is 2.25. The molecule has 0 saturated carbocycles. The second-order valence-electron chi connectivity index (χ2n) is 4.92. The van der Waals surface area contributed by atoms with E-state index in [2.05, 4.69) is 46.2 Å². The van der Waals surface area contributed by atoms with Crippen molar-refractivity contribution in [2.75, 3.05) is 6.54 Å². The zero-order valence-electron chi connectivity index (χ0n) is 12.8. The predicted molar refractivity (Wildman–Crippen MR) is 86.5 cm³/mol. The largest absolute Gasteiger partial charge is 0.309 e. The summed E-state index contributed by atoms with van der Waals surface area (Å²) in [5.74, 6) is 0. The molecule has 2 heterocycles. The fraction of sp³-hybridized carbons (Fsp3) is 0.438. The first-order valence-corrected chi connectivity index (χ1v) is 8.21. The lowest BCUT2D eigenvalue weighted by Gasteiger charge is -2.16. The first-order valence-electron chi connectivity index (χ1n) is 7.39. The molecule has 1 unspecified atom stereocenters. The van der Waals surface area contributed by atoms with Gasteiger partial charge in [-0.1, -0.05) is 13.8 Å². The van der Waals surface area contributed by atoms with Gasteiger partial charge in [-0.15, -0.1) is 0 Å². The van der Waals surface area contributed by atoms with E-state index >= 15 is 0 Å². The first kappa shape index (κ1) is 15.9. The Hall–Kier alpha value is -1.46. The molecule has 112 valence electrons. The monoisotopic (exact) mass is 302 g/mol. The fourth-order valence-corrected chi connectivity index (χ4v) is 2.77. The van der Waals surface area contributed by atoms with E-state index in [0.717, 1.165) is 40.8 Å². The normalized spacial score (nSPS) is 12.3. The third-order valence-corrected chi connectivity index (χ3v) is 4.00. The van der Waals surface area contributed by atoms with Crippen LogP contribution < -0.4 is 5.32 Å². The second kappa shape index (κ2) is 8.10. The number of pyridine rings is 1. The van der Waals surface area contributed by atoms with Crippen molar-refractivity contribution in [3.63, 3.8) is 0 Å². The Bertz CT molecular complexity index is 556. The van der Waals surface area contributed by atoms with Gasteiger partial charge in [-0.3, -0.25) is 4.98 Å². The number of rotatable bonds is 7. The molecule has 2 aromatic rings. The maximum Gasteiger partial charge on any atom is 0.192 e. The number of nitrogens with one attached hydrogen (secondary N) is 1. The summed E-state index contributed by atoms with van der Waals surface area (Å²) in [6, 6.07) is 6.42. The molecule has 2 rings (SSSR count). The molecule has 4 nitrogen and oxygen atoms in total. The van der Waals surface area contributed by atoms with Crippen LogP contribution in [0.4, 0.5) is 0 Å². The summed E-state index contributed by atoms with van der Waals surface area (Å²) in [5.41, 5.74) is 2.08. The van der Waals surface area contributed by atoms with E-state index in [4.69, 9.17) is 0 Å². The van der Waals surface area contributed by atoms with Crippen molar-refractivity contribution < 1.29 is 0 Å². The van der Waals surface area contributed by atoms with Crippen molar-refractivity contribution in [2.45, 2.75) is 49.7 Å². The zero-order chi connectivity index (χ0) is 15.1. The van der Waals surface area contributed by atoms with E-state index in [1.165, 1.54) is 0 Å². The highest BCUT2D eigenvalue weighted by Gasteiger charge is 2.10. The minimum Gasteiger partial charge on any atom is -0.309 e. The minimum absolute atomic E-state index is 0.333. The molecule has 0 aliphatic heterocycles. The van der Waals surface area contributed by atoms with Gasteiger partial charge in [0.25, 0.3) is 0 Å². The van der Waals surface area contributed by atoms with Crippen LogP contribution in [0.25, 0.3) is 0 Å². The molecule has 0 aromatic carbocycles. The van der Waals surface area contributed by atoms with E-state index < -0.39 is 0 Å². The first-order chi connectivity index (χ1) is 10.2. The number of aryl methyl sites for hydroxylation is 1. The maximum absolute atomic E-state index is 4.58. The summed E-state index contributed by atoms with van der Waals surface area (Å²) < 4.78 is 0. The topological polar surface area (TPSA) is 50.7 Å². The van der Waals surface area contributed by atoms with Gasteiger partial charge in [0, 0.05) is 29.0 Å². The van der Waals surface area contributed by atoms with E-state index in [-0.39, 0.29) is 0 Å². The Morgan fingerprint density at radius 1 is 1.19 bits per heavy atom. The van der Waals surface area contributed by atoms with Crippen LogP contribution in [0, 0.1) is 6.92 Å². The predicted octanol–water partition coefficient (Wildman–Crippen LogP) is 3.78. The highest BCUT2D eigenvalue weighted by molar-refractivity contribution is 7.99. The molecule has 5 heteroatoms. The summed E-state index contributed by atoms with van der Waals surface area (Å²) in [6.45, 7) is 7.35. The molecule has 1 N–H and O–H groups in total. The molecule has 0 saturated heterocycles. The Balaban J connectivity index is 2.04. The molecule has 0 aliphatic rings. The molecular formula is C16H22N4S. The SMILES string of the molecule is CCCNC(CC)c1ccc(Sc2nccc(C)n2)cn1. The summed E-state index contributed by atoms with van der Waals surface area (Å²) in [7, 11) is 0. The highest BCUT2D eigenvalue weighted by atomic mass is 32.2. The molecule has 1 atom stereocenters. The van der Waals surface area contributed by atoms with E-state index in [1.807, 2.05) is 19.2 Å². The molecule has 0 fully saturated rings. The van der Waals surface area contributed by atoms with Crippen LogP contribution in [0.15, 0.2) is 40.6 Å². The smallest absolute Gasteiger partial charge is 0.192 e. The van der Waals surface area contributed by atoms with Crippen LogP contribution in [-0.2, 0) is 0 Å². The molecule has 0 aliphatic carbocycles. The Morgan fingerprint density at radius 2 is 2.05 bits per heavy atom. The summed E-state index contributed by atoms with van der Waals surface area (Å²) in [6.07, 6.45) is 5.87. The Morgan fingerprint density at radius 3 is 2.67 bits per heavy atom. The van der Waals surface area contributed by atoms with Crippen LogP contribution in [0.3, 0.4) is 0 Å². The number of aromatic nitrogens is 3. The van der Waals surface area contributed by atoms with Gasteiger partial charge >= 0.3 is 0 Å². The van der Waals surface area contributed by atoms with E-state index in [9.17, 15) is 0 Å². The van der Waals surface area contributed by atoms with Crippen LogP contribution >= 0.6 is 11.8 Å². The third-order valence-electron chi connectivity index (χ3n) is 3.15. The summed E-state index contributed by atoms with van der Waals surface area (Å²) in [5, 5.41) is 4.28. The molecule has 2 aromatic heterocycles. The van der Waals surface area contributed by atoms with Gasteiger partial charge in [-0.2, -0.15) is 0 Å². The maximum atomic E-state index is 4.58. The molecule has 0 spiro atoms. The average molecular weight is 302 g/mol. The second-order valence-corrected chi connectivity index (χ2v) is 5.96. The average Bonchev–Trinajstić information content (AvgIpc) is 2.49. The van der Waals surface area contributed by atoms with Crippen molar-refractivity contribution >= 4 is 11.8 Å². The fourth-order valence-electron chi connectivity index (χ4n) is 2.02. The number of hydrogen-bond acceptors (Lipinski definition) is 5. The summed E-state index contributed by atoms with van der Waals surface area (Å²) >= 11 is 1.54. The van der Waals surface area contributed by atoms with Crippen molar-refractivity contribution in [2.24, 2.45) is 0 Å². The molecule has 0 bridgehead atoms. The standard InChI is InChI=1S/C16H22N4S/c1-4-9-17-14(5-2)15-7-6-13(11-19-15)21-16-18-10-8-12(3)20-16/h6-8,10-11,14,17H,4-5,9H2,1-3H3. The van der Waals surface area contributed by atoms with E-state index in [0.29, 0.717) is 6.04 Å². The van der Waals surface area contributed by atoms with Crippen molar-refractivity contribution in [3.05, 3.63) is 42.0 Å². The molecule has 0 amide bonds. The van der Waals surface area contributed by atoms with Crippen molar-refractivity contribution in [1.82, 2.24) is 20.3 Å². The molecule has 21 heavy (non-hydrogen) atoms. The molecule has 0 radical (unpaired) electrons. The Kier molecular flexibility index (Phi) is 6.14. The number of nitrogens with zero attached hydrogens (tertiary/aromatic N) is 3. The van der Waals surface area contributed by atoms with E-state index in [1.54, 1.807) is 18.0 Å². The number of hydrogen-bond donors (Lipinski definition) is 1. The van der Waals surface area contributed by atoms with Crippen molar-refractivity contribution in [3.8, 4) is 0 Å². The zero-order valence-corrected chi connectivity index (χ0v) is 13.7. The van der Waals surface area contributed by atoms with Gasteiger partial charge in [-0.25, -0.2) is 9.97 Å². The van der Waals surface area contributed by atoms with Gasteiger partial charge in [0.15, 0.2) is 5.16 Å². The van der Waals surface area contributed by atoms with Gasteiger partial charge in [0.2, 0.25) is 0 Å². The lowest BCUT2D eigenvalue weighted by atomic mass is 10.1. The lowest BCUT2D eigenvalue weighted by molar-refractivity contribution is 0.507. The quantitative estimate of drug-likeness (QED) is 0.789. The van der Waals surface area contributed by atoms with Crippen LogP contribution in [0.1, 0.15) is 44.1 Å². The van der Waals surface area contributed by atoms with Gasteiger partial charge in [-0.05, 0) is 56.3 Å². The van der Waals surface area contributed by atoms with Gasteiger partial charge in [0.1, 0.15) is 0 Å². The van der Waals surface area contributed by atoms with Crippen LogP contribution in [0.5, 0.6) is 0 Å². The molecular weight excluding hydrogens is 280 g/mol. The third kappa shape index (κ3) is 4.79. The van der Waals surface area contributed by atoms with Crippen LogP contribution in [0.2, 0.25) is 0 Å². The minimum atomic E-state index is 0.333. The summed E-state index contributed by atoms with van der Waals surface area (Å²) in [4.78, 5) is 14.3. The Labute approximate surface area is 130 Å². The lowest BCUT2D eigenvalue weighted by Crippen LogP contribution is -2.22. The van der Waals surface area contributed by atoms with Crippen molar-refractivity contribution in [1.29, 1.82) is 0 Å².